The highest BCUT2D eigenvalue weighted by atomic mass is 16.6. The van der Waals surface area contributed by atoms with Gasteiger partial charge < -0.3 is 20.1 Å². The fourth-order valence-electron chi connectivity index (χ4n) is 1.13. The molecule has 0 spiro atoms. The zero-order valence-corrected chi connectivity index (χ0v) is 6.21. The molecule has 1 heterocycles. The summed E-state index contributed by atoms with van der Waals surface area (Å²) in [5.74, 6) is 0. The maximum Gasteiger partial charge on any atom is 0.208 e. The number of aliphatic hydroxyl groups excluding tert-OH is 2. The van der Waals surface area contributed by atoms with Crippen LogP contribution >= 0.6 is 0 Å². The standard InChI is InChI=1S/C7H9NO4/c1-4-6(10)7(11,3-8)5(2-9)12-4/h1,4-6,9-11H,2H2/t4-,5+,6?,7-/m0/s1. The highest BCUT2D eigenvalue weighted by Crippen LogP contribution is 2.29. The minimum atomic E-state index is -2.10. The number of nitriles is 1. The van der Waals surface area contributed by atoms with E-state index >= 15 is 0 Å². The topological polar surface area (TPSA) is 93.7 Å². The van der Waals surface area contributed by atoms with E-state index in [1.165, 1.54) is 6.07 Å². The average molecular weight is 171 g/mol. The lowest BCUT2D eigenvalue weighted by atomic mass is 9.93. The third-order valence-corrected chi connectivity index (χ3v) is 1.92. The normalized spacial score (nSPS) is 47.4. The quantitative estimate of drug-likeness (QED) is 0.399. The van der Waals surface area contributed by atoms with Gasteiger partial charge in [0.15, 0.2) is 0 Å². The summed E-state index contributed by atoms with van der Waals surface area (Å²) in [6, 6.07) is 1.46. The summed E-state index contributed by atoms with van der Waals surface area (Å²) in [7, 11) is 0. The van der Waals surface area contributed by atoms with Crippen LogP contribution in [0.5, 0.6) is 0 Å². The minimum Gasteiger partial charge on any atom is -0.394 e. The van der Waals surface area contributed by atoms with Crippen LogP contribution in [0.1, 0.15) is 0 Å². The van der Waals surface area contributed by atoms with Gasteiger partial charge in [-0.1, -0.05) is 0 Å². The van der Waals surface area contributed by atoms with Crippen molar-refractivity contribution in [1.82, 2.24) is 0 Å². The Balaban J connectivity index is 2.89. The Bertz CT molecular complexity index is 214. The SMILES string of the molecule is [CH][C@@H]1O[C@H](CO)[C@@](O)(C#N)C1O. The molecule has 0 aliphatic carbocycles. The van der Waals surface area contributed by atoms with Crippen molar-refractivity contribution in [3.05, 3.63) is 6.92 Å². The summed E-state index contributed by atoms with van der Waals surface area (Å²) in [6.45, 7) is 4.64. The van der Waals surface area contributed by atoms with Crippen molar-refractivity contribution < 1.29 is 20.1 Å². The lowest BCUT2D eigenvalue weighted by Gasteiger charge is -2.21. The first-order valence-corrected chi connectivity index (χ1v) is 3.40. The maximum atomic E-state index is 9.42. The van der Waals surface area contributed by atoms with E-state index in [0.717, 1.165) is 0 Å². The van der Waals surface area contributed by atoms with Gasteiger partial charge in [0.2, 0.25) is 5.60 Å². The molecule has 2 radical (unpaired) electrons. The Kier molecular flexibility index (Phi) is 2.35. The molecule has 1 rings (SSSR count). The minimum absolute atomic E-state index is 0.561. The molecule has 3 N–H and O–H groups in total. The molecular weight excluding hydrogens is 162 g/mol. The molecule has 5 heteroatoms. The first-order chi connectivity index (χ1) is 5.56. The highest BCUT2D eigenvalue weighted by molar-refractivity contribution is 5.16. The third-order valence-electron chi connectivity index (χ3n) is 1.92. The van der Waals surface area contributed by atoms with E-state index in [9.17, 15) is 10.2 Å². The third kappa shape index (κ3) is 1.09. The summed E-state index contributed by atoms with van der Waals surface area (Å²) < 4.78 is 4.73. The van der Waals surface area contributed by atoms with E-state index in [1.54, 1.807) is 0 Å². The highest BCUT2D eigenvalue weighted by Gasteiger charge is 2.54. The Morgan fingerprint density at radius 3 is 2.58 bits per heavy atom. The zero-order valence-electron chi connectivity index (χ0n) is 6.21. The molecule has 1 fully saturated rings. The summed E-state index contributed by atoms with van der Waals surface area (Å²) in [4.78, 5) is 0. The van der Waals surface area contributed by atoms with Crippen molar-refractivity contribution in [2.24, 2.45) is 0 Å². The Hall–Kier alpha value is -0.670. The summed E-state index contributed by atoms with van der Waals surface area (Å²) in [6.07, 6.45) is -3.76. The Labute approximate surface area is 69.8 Å². The van der Waals surface area contributed by atoms with Gasteiger partial charge in [0.1, 0.15) is 18.3 Å². The van der Waals surface area contributed by atoms with Crippen LogP contribution in [0.25, 0.3) is 0 Å². The van der Waals surface area contributed by atoms with E-state index in [4.69, 9.17) is 22.0 Å². The van der Waals surface area contributed by atoms with E-state index in [2.05, 4.69) is 0 Å². The molecule has 4 atom stereocenters. The average Bonchev–Trinajstić information content (AvgIpc) is 2.30. The van der Waals surface area contributed by atoms with E-state index in [-0.39, 0.29) is 0 Å². The molecule has 5 nitrogen and oxygen atoms in total. The molecule has 66 valence electrons. The second-order valence-electron chi connectivity index (χ2n) is 2.65. The molecule has 1 unspecified atom stereocenters. The van der Waals surface area contributed by atoms with Crippen LogP contribution in [-0.4, -0.2) is 45.8 Å². The van der Waals surface area contributed by atoms with E-state index in [1.807, 2.05) is 0 Å². The predicted octanol–water partition coefficient (Wildman–Crippen LogP) is -1.93. The summed E-state index contributed by atoms with van der Waals surface area (Å²) in [5.41, 5.74) is -2.10. The van der Waals surface area contributed by atoms with Crippen LogP contribution in [0.4, 0.5) is 0 Å². The molecule has 0 amide bonds. The van der Waals surface area contributed by atoms with Crippen LogP contribution in [0.3, 0.4) is 0 Å². The molecular formula is C7H9NO4. The van der Waals surface area contributed by atoms with Crippen LogP contribution in [0.15, 0.2) is 0 Å². The Morgan fingerprint density at radius 2 is 2.25 bits per heavy atom. The monoisotopic (exact) mass is 171 g/mol. The van der Waals surface area contributed by atoms with Crippen molar-refractivity contribution >= 4 is 0 Å². The number of hydrogen-bond donors (Lipinski definition) is 3. The van der Waals surface area contributed by atoms with Gasteiger partial charge in [-0.2, -0.15) is 5.26 Å². The number of rotatable bonds is 1. The summed E-state index contributed by atoms with van der Waals surface area (Å²) >= 11 is 0. The largest absolute Gasteiger partial charge is 0.394 e. The smallest absolute Gasteiger partial charge is 0.208 e. The van der Waals surface area contributed by atoms with Gasteiger partial charge in [0.05, 0.1) is 12.7 Å². The van der Waals surface area contributed by atoms with Crippen LogP contribution < -0.4 is 0 Å². The van der Waals surface area contributed by atoms with Gasteiger partial charge in [0.25, 0.3) is 0 Å². The second-order valence-corrected chi connectivity index (χ2v) is 2.65. The fourth-order valence-corrected chi connectivity index (χ4v) is 1.13. The Morgan fingerprint density at radius 1 is 1.67 bits per heavy atom. The van der Waals surface area contributed by atoms with Crippen LogP contribution in [0, 0.1) is 18.3 Å². The lowest BCUT2D eigenvalue weighted by molar-refractivity contribution is -0.0537. The molecule has 12 heavy (non-hydrogen) atoms. The van der Waals surface area contributed by atoms with Crippen molar-refractivity contribution in [3.63, 3.8) is 0 Å². The molecule has 1 saturated heterocycles. The number of aliphatic hydroxyl groups is 3. The first-order valence-electron chi connectivity index (χ1n) is 3.40. The maximum absolute atomic E-state index is 9.42. The van der Waals surface area contributed by atoms with Crippen molar-refractivity contribution in [2.45, 2.75) is 23.9 Å². The van der Waals surface area contributed by atoms with E-state index in [0.29, 0.717) is 0 Å². The summed E-state index contributed by atoms with van der Waals surface area (Å²) in [5, 5.41) is 35.8. The first kappa shape index (κ1) is 9.42. The van der Waals surface area contributed by atoms with E-state index < -0.39 is 30.5 Å². The molecule has 0 aromatic rings. The van der Waals surface area contributed by atoms with Crippen molar-refractivity contribution in [1.29, 1.82) is 5.26 Å². The van der Waals surface area contributed by atoms with Crippen LogP contribution in [0.2, 0.25) is 0 Å². The zero-order chi connectivity index (χ0) is 9.35. The molecule has 0 saturated carbocycles. The molecule has 1 aliphatic rings. The van der Waals surface area contributed by atoms with Gasteiger partial charge in [-0.25, -0.2) is 0 Å². The van der Waals surface area contributed by atoms with Crippen molar-refractivity contribution in [3.8, 4) is 6.07 Å². The number of ether oxygens (including phenoxy) is 1. The second kappa shape index (κ2) is 2.99. The van der Waals surface area contributed by atoms with Gasteiger partial charge in [0, 0.05) is 0 Å². The lowest BCUT2D eigenvalue weighted by Crippen LogP contribution is -2.47. The number of hydrogen-bond acceptors (Lipinski definition) is 5. The fraction of sp³-hybridized carbons (Fsp3) is 0.714. The predicted molar refractivity (Wildman–Crippen MR) is 36.6 cm³/mol. The molecule has 0 aromatic heterocycles. The van der Waals surface area contributed by atoms with Gasteiger partial charge in [-0.15, -0.1) is 0 Å². The van der Waals surface area contributed by atoms with Crippen LogP contribution in [-0.2, 0) is 4.74 Å². The van der Waals surface area contributed by atoms with Crippen molar-refractivity contribution in [2.75, 3.05) is 6.61 Å². The molecule has 1 aliphatic heterocycles. The van der Waals surface area contributed by atoms with Gasteiger partial charge in [-0.05, 0) is 6.92 Å². The van der Waals surface area contributed by atoms with Gasteiger partial charge >= 0.3 is 0 Å². The molecule has 0 aromatic carbocycles. The molecule has 0 bridgehead atoms. The number of nitrogens with zero attached hydrogens (tertiary/aromatic N) is 1. The van der Waals surface area contributed by atoms with Gasteiger partial charge in [-0.3, -0.25) is 0 Å².